The van der Waals surface area contributed by atoms with Crippen molar-refractivity contribution < 1.29 is 30.0 Å². The van der Waals surface area contributed by atoms with Gasteiger partial charge in [-0.3, -0.25) is 4.79 Å². The molecule has 156 valence electrons. The summed E-state index contributed by atoms with van der Waals surface area (Å²) in [6, 6.07) is 6.38. The molecule has 0 amide bonds. The van der Waals surface area contributed by atoms with Crippen molar-refractivity contribution in [3.8, 4) is 5.75 Å². The zero-order valence-corrected chi connectivity index (χ0v) is 17.7. The molecular formula is C22H26O6S. The Balaban J connectivity index is 2.47. The molecule has 3 atom stereocenters. The van der Waals surface area contributed by atoms with Crippen LogP contribution in [0.5, 0.6) is 5.75 Å². The number of aliphatic carboxylic acids is 1. The molecule has 2 aromatic rings. The summed E-state index contributed by atoms with van der Waals surface area (Å²) >= 11 is 1.29. The molecule has 6 nitrogen and oxygen atoms in total. The Labute approximate surface area is 173 Å². The van der Waals surface area contributed by atoms with Crippen molar-refractivity contribution in [3.05, 3.63) is 35.4 Å². The van der Waals surface area contributed by atoms with E-state index in [1.807, 2.05) is 13.8 Å². The third-order valence-electron chi connectivity index (χ3n) is 6.07. The van der Waals surface area contributed by atoms with Crippen LogP contribution in [0.4, 0.5) is 0 Å². The summed E-state index contributed by atoms with van der Waals surface area (Å²) in [6.45, 7) is 5.21. The van der Waals surface area contributed by atoms with E-state index < -0.39 is 28.9 Å². The molecular weight excluding hydrogens is 392 g/mol. The number of fused-ring (bicyclic) bond motifs is 2. The smallest absolute Gasteiger partial charge is 0.339 e. The number of hydrogen-bond acceptors (Lipinski definition) is 6. The highest BCUT2D eigenvalue weighted by atomic mass is 32.2. The van der Waals surface area contributed by atoms with Crippen molar-refractivity contribution in [3.63, 3.8) is 0 Å². The van der Waals surface area contributed by atoms with Gasteiger partial charge < -0.3 is 20.4 Å². The highest BCUT2D eigenvalue weighted by Crippen LogP contribution is 2.52. The van der Waals surface area contributed by atoms with Gasteiger partial charge in [-0.1, -0.05) is 32.9 Å². The number of hydrogen-bond donors (Lipinski definition) is 4. The number of rotatable bonds is 5. The maximum atomic E-state index is 13.3. The molecule has 4 N–H and O–H groups in total. The predicted molar refractivity (Wildman–Crippen MR) is 111 cm³/mol. The van der Waals surface area contributed by atoms with E-state index in [9.17, 15) is 30.0 Å². The lowest BCUT2D eigenvalue weighted by atomic mass is 9.60. The molecule has 0 spiro atoms. The number of thioether (sulfide) groups is 1. The standard InChI is InChI=1S/C22H26O6S/c1-11(2)8-9-21(27)15-10-14-13(6-5-7-16(14)23)19(29-4)17(15)18(24)12(3)22(21,28)20(25)26/h5-7,10-12,23,27-28H,8-9H2,1-4H3,(H,25,26). The van der Waals surface area contributed by atoms with Gasteiger partial charge in [-0.15, -0.1) is 11.8 Å². The Morgan fingerprint density at radius 3 is 2.45 bits per heavy atom. The average molecular weight is 419 g/mol. The normalized spacial score (nSPS) is 26.7. The molecule has 3 unspecified atom stereocenters. The number of phenols is 1. The lowest BCUT2D eigenvalue weighted by molar-refractivity contribution is -0.210. The van der Waals surface area contributed by atoms with Gasteiger partial charge in [-0.2, -0.15) is 0 Å². The first-order chi connectivity index (χ1) is 13.5. The van der Waals surface area contributed by atoms with Gasteiger partial charge >= 0.3 is 5.97 Å². The third-order valence-corrected chi connectivity index (χ3v) is 6.90. The second-order valence-corrected chi connectivity index (χ2v) is 8.97. The minimum absolute atomic E-state index is 0.0367. The number of Topliss-reactive ketones (excluding diaryl/α,β-unsaturated/α-hetero) is 1. The monoisotopic (exact) mass is 418 g/mol. The van der Waals surface area contributed by atoms with Gasteiger partial charge in [0.05, 0.1) is 5.92 Å². The van der Waals surface area contributed by atoms with Crippen LogP contribution in [0.25, 0.3) is 10.8 Å². The van der Waals surface area contributed by atoms with Crippen LogP contribution in [0.15, 0.2) is 29.2 Å². The Bertz CT molecular complexity index is 1000. The Hall–Kier alpha value is -2.09. The second kappa shape index (κ2) is 7.31. The fourth-order valence-electron chi connectivity index (χ4n) is 4.31. The summed E-state index contributed by atoms with van der Waals surface area (Å²) in [5.41, 5.74) is -4.59. The van der Waals surface area contributed by atoms with E-state index in [4.69, 9.17) is 0 Å². The number of carboxylic acid groups (broad SMARTS) is 1. The first-order valence-electron chi connectivity index (χ1n) is 9.56. The summed E-state index contributed by atoms with van der Waals surface area (Å²) in [4.78, 5) is 26.0. The van der Waals surface area contributed by atoms with Crippen LogP contribution in [0.1, 0.15) is 49.5 Å². The minimum atomic E-state index is -2.68. The molecule has 0 aromatic heterocycles. The summed E-state index contributed by atoms with van der Waals surface area (Å²) in [5.74, 6) is -3.42. The number of aliphatic hydroxyl groups is 2. The van der Waals surface area contributed by atoms with Crippen LogP contribution in [0, 0.1) is 11.8 Å². The molecule has 2 aromatic carbocycles. The summed E-state index contributed by atoms with van der Waals surface area (Å²) in [7, 11) is 0. The quantitative estimate of drug-likeness (QED) is 0.549. The Kier molecular flexibility index (Phi) is 5.45. The molecule has 0 heterocycles. The lowest BCUT2D eigenvalue weighted by Gasteiger charge is -2.48. The molecule has 0 fully saturated rings. The molecule has 3 rings (SSSR count). The number of aromatic hydroxyl groups is 1. The fourth-order valence-corrected chi connectivity index (χ4v) is 5.13. The summed E-state index contributed by atoms with van der Waals surface area (Å²) in [6.07, 6.45) is 2.19. The number of carboxylic acids is 1. The van der Waals surface area contributed by atoms with Gasteiger partial charge in [0.2, 0.25) is 5.60 Å². The van der Waals surface area contributed by atoms with E-state index in [0.29, 0.717) is 22.1 Å². The van der Waals surface area contributed by atoms with Crippen LogP contribution in [-0.4, -0.2) is 44.0 Å². The molecule has 29 heavy (non-hydrogen) atoms. The lowest BCUT2D eigenvalue weighted by Crippen LogP contribution is -2.65. The van der Waals surface area contributed by atoms with Gasteiger partial charge in [0.25, 0.3) is 0 Å². The largest absolute Gasteiger partial charge is 0.507 e. The number of carbonyl (C=O) groups is 2. The molecule has 0 saturated heterocycles. The van der Waals surface area contributed by atoms with Crippen molar-refractivity contribution in [1.29, 1.82) is 0 Å². The van der Waals surface area contributed by atoms with E-state index >= 15 is 0 Å². The van der Waals surface area contributed by atoms with Crippen molar-refractivity contribution in [2.24, 2.45) is 11.8 Å². The first-order valence-corrected chi connectivity index (χ1v) is 10.8. The molecule has 0 radical (unpaired) electrons. The molecule has 0 aliphatic heterocycles. The maximum absolute atomic E-state index is 13.3. The third kappa shape index (κ3) is 2.95. The van der Waals surface area contributed by atoms with Gasteiger partial charge in [0.1, 0.15) is 11.4 Å². The van der Waals surface area contributed by atoms with Crippen LogP contribution < -0.4 is 0 Å². The molecule has 1 aliphatic rings. The molecule has 0 bridgehead atoms. The van der Waals surface area contributed by atoms with Crippen molar-refractivity contribution in [1.82, 2.24) is 0 Å². The number of ketones is 1. The van der Waals surface area contributed by atoms with Gasteiger partial charge in [-0.25, -0.2) is 4.79 Å². The van der Waals surface area contributed by atoms with Gasteiger partial charge in [0.15, 0.2) is 5.78 Å². The van der Waals surface area contributed by atoms with Crippen LogP contribution in [0.2, 0.25) is 0 Å². The SMILES string of the molecule is CSc1c2c(cc3c(O)cccc13)C(O)(CCC(C)C)C(O)(C(=O)O)C(C)C2=O. The van der Waals surface area contributed by atoms with Gasteiger partial charge in [0, 0.05) is 15.8 Å². The Morgan fingerprint density at radius 1 is 1.24 bits per heavy atom. The van der Waals surface area contributed by atoms with E-state index in [1.165, 1.54) is 30.8 Å². The fraction of sp³-hybridized carbons (Fsp3) is 0.455. The molecule has 0 saturated carbocycles. The number of benzene rings is 2. The van der Waals surface area contributed by atoms with E-state index in [-0.39, 0.29) is 29.2 Å². The van der Waals surface area contributed by atoms with Gasteiger partial charge in [-0.05, 0) is 48.1 Å². The Morgan fingerprint density at radius 2 is 1.90 bits per heavy atom. The second-order valence-electron chi connectivity index (χ2n) is 8.15. The predicted octanol–water partition coefficient (Wildman–Crippen LogP) is 3.54. The first kappa shape index (κ1) is 21.6. The van der Waals surface area contributed by atoms with Crippen LogP contribution >= 0.6 is 11.8 Å². The summed E-state index contributed by atoms with van der Waals surface area (Å²) in [5, 5.41) is 44.3. The van der Waals surface area contributed by atoms with Crippen molar-refractivity contribution >= 4 is 34.3 Å². The zero-order valence-electron chi connectivity index (χ0n) is 16.9. The van der Waals surface area contributed by atoms with E-state index in [2.05, 4.69) is 0 Å². The minimum Gasteiger partial charge on any atom is -0.507 e. The molecule has 1 aliphatic carbocycles. The van der Waals surface area contributed by atoms with Crippen molar-refractivity contribution in [2.45, 2.75) is 49.7 Å². The van der Waals surface area contributed by atoms with Crippen LogP contribution in [0.3, 0.4) is 0 Å². The highest BCUT2D eigenvalue weighted by molar-refractivity contribution is 7.99. The highest BCUT2D eigenvalue weighted by Gasteiger charge is 2.65. The summed E-state index contributed by atoms with van der Waals surface area (Å²) < 4.78 is 0. The van der Waals surface area contributed by atoms with Crippen LogP contribution in [-0.2, 0) is 10.4 Å². The number of phenolic OH excluding ortho intramolecular Hbond substituents is 1. The molecule has 7 heteroatoms. The average Bonchev–Trinajstić information content (AvgIpc) is 2.68. The zero-order chi connectivity index (χ0) is 21.7. The maximum Gasteiger partial charge on any atom is 0.339 e. The van der Waals surface area contributed by atoms with E-state index in [0.717, 1.165) is 0 Å². The van der Waals surface area contributed by atoms with Crippen molar-refractivity contribution in [2.75, 3.05) is 6.26 Å². The topological polar surface area (TPSA) is 115 Å². The van der Waals surface area contributed by atoms with E-state index in [1.54, 1.807) is 18.4 Å². The number of carbonyl (C=O) groups excluding carboxylic acids is 1.